The summed E-state index contributed by atoms with van der Waals surface area (Å²) in [5.74, 6) is 0.204. The van der Waals surface area contributed by atoms with E-state index < -0.39 is 5.97 Å². The standard InChI is InChI=1S/C16H15NO3/c1-12(18)20-17-16(13-8-4-3-5-9-13)14-10-6-7-11-15(14)19-2/h3-11H,1-2H3/b17-16+. The van der Waals surface area contributed by atoms with E-state index in [1.807, 2.05) is 54.6 Å². The Balaban J connectivity index is 2.52. The van der Waals surface area contributed by atoms with Crippen LogP contribution in [0.4, 0.5) is 0 Å². The Hall–Kier alpha value is -2.62. The van der Waals surface area contributed by atoms with Crippen molar-refractivity contribution in [1.29, 1.82) is 0 Å². The fourth-order valence-electron chi connectivity index (χ4n) is 1.80. The highest BCUT2D eigenvalue weighted by atomic mass is 16.7. The van der Waals surface area contributed by atoms with Gasteiger partial charge in [-0.25, -0.2) is 4.79 Å². The molecule has 0 fully saturated rings. The lowest BCUT2D eigenvalue weighted by molar-refractivity contribution is -0.140. The first-order chi connectivity index (χ1) is 9.72. The first-order valence-corrected chi connectivity index (χ1v) is 6.16. The molecule has 0 aromatic heterocycles. The zero-order valence-corrected chi connectivity index (χ0v) is 11.4. The van der Waals surface area contributed by atoms with Gasteiger partial charge >= 0.3 is 5.97 Å². The van der Waals surface area contributed by atoms with Crippen molar-refractivity contribution in [2.24, 2.45) is 5.16 Å². The van der Waals surface area contributed by atoms with Crippen molar-refractivity contribution in [3.63, 3.8) is 0 Å². The zero-order valence-electron chi connectivity index (χ0n) is 11.4. The van der Waals surface area contributed by atoms with Gasteiger partial charge in [0, 0.05) is 18.1 Å². The average molecular weight is 269 g/mol. The van der Waals surface area contributed by atoms with Crippen molar-refractivity contribution in [3.05, 3.63) is 65.7 Å². The van der Waals surface area contributed by atoms with Gasteiger partial charge in [-0.1, -0.05) is 47.6 Å². The molecule has 0 spiro atoms. The van der Waals surface area contributed by atoms with E-state index in [1.165, 1.54) is 6.92 Å². The van der Waals surface area contributed by atoms with Crippen molar-refractivity contribution in [1.82, 2.24) is 0 Å². The van der Waals surface area contributed by atoms with E-state index in [4.69, 9.17) is 9.57 Å². The van der Waals surface area contributed by atoms with Gasteiger partial charge in [-0.2, -0.15) is 0 Å². The van der Waals surface area contributed by atoms with Gasteiger partial charge in [0.1, 0.15) is 11.5 Å². The van der Waals surface area contributed by atoms with Crippen LogP contribution in [0.3, 0.4) is 0 Å². The number of carbonyl (C=O) groups is 1. The number of benzene rings is 2. The Labute approximate surface area is 117 Å². The van der Waals surface area contributed by atoms with E-state index in [-0.39, 0.29) is 0 Å². The topological polar surface area (TPSA) is 47.9 Å². The van der Waals surface area contributed by atoms with Crippen LogP contribution >= 0.6 is 0 Å². The van der Waals surface area contributed by atoms with E-state index >= 15 is 0 Å². The monoisotopic (exact) mass is 269 g/mol. The zero-order chi connectivity index (χ0) is 14.4. The lowest BCUT2D eigenvalue weighted by atomic mass is 10.0. The number of oxime groups is 1. The third kappa shape index (κ3) is 3.23. The van der Waals surface area contributed by atoms with Gasteiger partial charge < -0.3 is 9.57 Å². The molecule has 0 aliphatic rings. The number of methoxy groups -OCH3 is 1. The molecule has 4 heteroatoms. The molecule has 2 aromatic rings. The van der Waals surface area contributed by atoms with Crippen molar-refractivity contribution in [2.75, 3.05) is 7.11 Å². The molecule has 0 N–H and O–H groups in total. The molecule has 0 amide bonds. The summed E-state index contributed by atoms with van der Waals surface area (Å²) in [6.07, 6.45) is 0. The van der Waals surface area contributed by atoms with Crippen LogP contribution in [0.2, 0.25) is 0 Å². The van der Waals surface area contributed by atoms with E-state index in [1.54, 1.807) is 7.11 Å². The fourth-order valence-corrected chi connectivity index (χ4v) is 1.80. The largest absolute Gasteiger partial charge is 0.496 e. The number of nitrogens with zero attached hydrogens (tertiary/aromatic N) is 1. The molecule has 0 bridgehead atoms. The number of ether oxygens (including phenoxy) is 1. The second-order valence-corrected chi connectivity index (χ2v) is 4.09. The molecular formula is C16H15NO3. The third-order valence-electron chi connectivity index (χ3n) is 2.67. The molecule has 20 heavy (non-hydrogen) atoms. The second kappa shape index (κ2) is 6.52. The van der Waals surface area contributed by atoms with Crippen LogP contribution in [0.25, 0.3) is 0 Å². The molecule has 0 aliphatic heterocycles. The summed E-state index contributed by atoms with van der Waals surface area (Å²) in [5, 5.41) is 3.96. The molecule has 0 unspecified atom stereocenters. The first kappa shape index (κ1) is 13.8. The van der Waals surface area contributed by atoms with E-state index in [9.17, 15) is 4.79 Å². The molecular weight excluding hydrogens is 254 g/mol. The van der Waals surface area contributed by atoms with Crippen molar-refractivity contribution >= 4 is 11.7 Å². The van der Waals surface area contributed by atoms with Crippen LogP contribution in [0.15, 0.2) is 59.8 Å². The van der Waals surface area contributed by atoms with Crippen LogP contribution in [0.5, 0.6) is 5.75 Å². The fraction of sp³-hybridized carbons (Fsp3) is 0.125. The maximum absolute atomic E-state index is 11.0. The lowest BCUT2D eigenvalue weighted by Crippen LogP contribution is -2.07. The Kier molecular flexibility index (Phi) is 4.50. The molecule has 0 radical (unpaired) electrons. The van der Waals surface area contributed by atoms with Crippen LogP contribution in [-0.4, -0.2) is 18.8 Å². The molecule has 0 atom stereocenters. The van der Waals surface area contributed by atoms with E-state index in [0.717, 1.165) is 11.1 Å². The van der Waals surface area contributed by atoms with Crippen LogP contribution in [0.1, 0.15) is 18.1 Å². The van der Waals surface area contributed by atoms with Gasteiger partial charge in [0.05, 0.1) is 7.11 Å². The maximum Gasteiger partial charge on any atom is 0.332 e. The van der Waals surface area contributed by atoms with Gasteiger partial charge in [0.15, 0.2) is 0 Å². The predicted octanol–water partition coefficient (Wildman–Crippen LogP) is 3.01. The molecule has 2 aromatic carbocycles. The second-order valence-electron chi connectivity index (χ2n) is 4.09. The average Bonchev–Trinajstić information content (AvgIpc) is 2.49. The van der Waals surface area contributed by atoms with Crippen LogP contribution < -0.4 is 4.74 Å². The van der Waals surface area contributed by atoms with Crippen LogP contribution in [0, 0.1) is 0 Å². The highest BCUT2D eigenvalue weighted by Gasteiger charge is 2.13. The quantitative estimate of drug-likeness (QED) is 0.487. The van der Waals surface area contributed by atoms with Crippen LogP contribution in [-0.2, 0) is 9.63 Å². The number of carbonyl (C=O) groups excluding carboxylic acids is 1. The summed E-state index contributed by atoms with van der Waals surface area (Å²) < 4.78 is 5.33. The minimum Gasteiger partial charge on any atom is -0.496 e. The van der Waals surface area contributed by atoms with Gasteiger partial charge in [-0.05, 0) is 12.1 Å². The molecule has 102 valence electrons. The van der Waals surface area contributed by atoms with E-state index in [2.05, 4.69) is 5.16 Å². The summed E-state index contributed by atoms with van der Waals surface area (Å²) in [6, 6.07) is 17.0. The molecule has 0 saturated carbocycles. The molecule has 2 rings (SSSR count). The van der Waals surface area contributed by atoms with Crippen molar-refractivity contribution in [3.8, 4) is 5.75 Å². The van der Waals surface area contributed by atoms with Gasteiger partial charge in [0.25, 0.3) is 0 Å². The van der Waals surface area contributed by atoms with Gasteiger partial charge in [0.2, 0.25) is 0 Å². The minimum absolute atomic E-state index is 0.465. The number of hydrogen-bond acceptors (Lipinski definition) is 4. The SMILES string of the molecule is COc1ccccc1/C(=N/OC(C)=O)c1ccccc1. The smallest absolute Gasteiger partial charge is 0.332 e. The van der Waals surface area contributed by atoms with Crippen molar-refractivity contribution < 1.29 is 14.4 Å². The maximum atomic E-state index is 11.0. The van der Waals surface area contributed by atoms with Crippen molar-refractivity contribution in [2.45, 2.75) is 6.92 Å². The highest BCUT2D eigenvalue weighted by Crippen LogP contribution is 2.22. The van der Waals surface area contributed by atoms with Gasteiger partial charge in [-0.15, -0.1) is 0 Å². The predicted molar refractivity (Wildman–Crippen MR) is 76.8 cm³/mol. The van der Waals surface area contributed by atoms with Gasteiger partial charge in [-0.3, -0.25) is 0 Å². The Bertz CT molecular complexity index is 621. The molecule has 0 aliphatic carbocycles. The molecule has 0 heterocycles. The van der Waals surface area contributed by atoms with E-state index in [0.29, 0.717) is 11.5 Å². The normalized spacial score (nSPS) is 11.0. The summed E-state index contributed by atoms with van der Waals surface area (Å²) in [5.41, 5.74) is 2.17. The minimum atomic E-state index is -0.465. The third-order valence-corrected chi connectivity index (χ3v) is 2.67. The Morgan fingerprint density at radius 1 is 1.00 bits per heavy atom. The molecule has 4 nitrogen and oxygen atoms in total. The Morgan fingerprint density at radius 3 is 2.30 bits per heavy atom. The summed E-state index contributed by atoms with van der Waals surface area (Å²) in [6.45, 7) is 1.31. The lowest BCUT2D eigenvalue weighted by Gasteiger charge is -2.10. The summed E-state index contributed by atoms with van der Waals surface area (Å²) in [4.78, 5) is 15.8. The Morgan fingerprint density at radius 2 is 1.65 bits per heavy atom. The number of para-hydroxylation sites is 1. The number of rotatable bonds is 4. The highest BCUT2D eigenvalue weighted by molar-refractivity contribution is 6.14. The molecule has 0 saturated heterocycles. The summed E-state index contributed by atoms with van der Waals surface area (Å²) in [7, 11) is 1.59. The first-order valence-electron chi connectivity index (χ1n) is 6.16. The summed E-state index contributed by atoms with van der Waals surface area (Å²) >= 11 is 0. The number of hydrogen-bond donors (Lipinski definition) is 0.